The van der Waals surface area contributed by atoms with Crippen molar-refractivity contribution in [2.24, 2.45) is 94.7 Å². The van der Waals surface area contributed by atoms with Crippen molar-refractivity contribution in [1.29, 1.82) is 0 Å². The Hall–Kier alpha value is -7.00. The highest BCUT2D eigenvalue weighted by Crippen LogP contribution is 2.63. The Bertz CT molecular complexity index is 3540. The number of primary amides is 6. The number of hydrogen-bond donors (Lipinski definition) is 11. The largest absolute Gasteiger partial charge is 0.472 e. The van der Waals surface area contributed by atoms with E-state index in [1.807, 2.05) is 87.4 Å². The summed E-state index contributed by atoms with van der Waals surface area (Å²) in [5.74, 6) is -7.18. The van der Waals surface area contributed by atoms with Gasteiger partial charge in [0.05, 0.1) is 41.7 Å². The van der Waals surface area contributed by atoms with Crippen LogP contribution in [0.4, 0.5) is 0 Å². The maximum atomic E-state index is 14.4. The van der Waals surface area contributed by atoms with E-state index in [0.717, 1.165) is 11.1 Å². The van der Waals surface area contributed by atoms with Crippen LogP contribution in [0.5, 0.6) is 0 Å². The highest BCUT2D eigenvalue weighted by atomic mass is 31.2. The molecule has 8 bridgehead atoms. The molecule has 2 saturated heterocycles. The van der Waals surface area contributed by atoms with Crippen molar-refractivity contribution >= 4 is 77.3 Å². The van der Waals surface area contributed by atoms with Crippen LogP contribution in [0.1, 0.15) is 150 Å². The third-order valence-corrected chi connectivity index (χ3v) is 21.7. The lowest BCUT2D eigenvalue weighted by Gasteiger charge is -2.48. The van der Waals surface area contributed by atoms with Crippen LogP contribution in [0.15, 0.2) is 67.8 Å². The zero-order valence-corrected chi connectivity index (χ0v) is 54.1. The van der Waals surface area contributed by atoms with Gasteiger partial charge in [-0.3, -0.25) is 57.6 Å². The highest BCUT2D eigenvalue weighted by Gasteiger charge is 2.66. The van der Waals surface area contributed by atoms with E-state index in [0.29, 0.717) is 56.4 Å². The van der Waals surface area contributed by atoms with Crippen molar-refractivity contribution in [1.82, 2.24) is 20.2 Å². The van der Waals surface area contributed by atoms with Crippen LogP contribution in [0.25, 0.3) is 11.0 Å². The number of carbonyl (C=O) groups is 7. The van der Waals surface area contributed by atoms with Crippen molar-refractivity contribution in [3.8, 4) is 0 Å². The molecule has 0 saturated carbocycles. The number of rotatable bonds is 26. The number of amides is 7. The van der Waals surface area contributed by atoms with E-state index >= 15 is 0 Å². The highest BCUT2D eigenvalue weighted by molar-refractivity contribution is 7.47. The molecule has 27 nitrogen and oxygen atoms in total. The number of aromatic nitrogens is 2. The molecular weight excluding hydrogens is 1180 g/mol. The molecule has 8 rings (SSSR count). The van der Waals surface area contributed by atoms with Crippen molar-refractivity contribution < 1.29 is 67.0 Å². The lowest BCUT2D eigenvalue weighted by atomic mass is 9.55. The van der Waals surface area contributed by atoms with E-state index in [4.69, 9.17) is 63.2 Å². The second-order valence-electron chi connectivity index (χ2n) is 27.1. The van der Waals surface area contributed by atoms with Crippen molar-refractivity contribution in [3.63, 3.8) is 0 Å². The molecular formula is C62H90N13O14P. The lowest BCUT2D eigenvalue weighted by Crippen LogP contribution is -2.56. The van der Waals surface area contributed by atoms with Crippen LogP contribution in [0.2, 0.25) is 0 Å². The number of ether oxygens (including phenoxy) is 1. The van der Waals surface area contributed by atoms with E-state index in [2.05, 4.69) is 15.6 Å². The molecule has 2 aromatic rings. The number of aryl methyl sites for hydroxylation is 2. The molecule has 0 aliphatic carbocycles. The molecule has 90 heavy (non-hydrogen) atoms. The van der Waals surface area contributed by atoms with Crippen LogP contribution in [0, 0.1) is 59.2 Å². The number of nitrogens with one attached hydrogen (secondary N) is 2. The number of fused-ring (bicyclic) bond motifs is 7. The third kappa shape index (κ3) is 13.0. The Morgan fingerprint density at radius 2 is 1.40 bits per heavy atom. The fraction of sp³-hybridized carbons (Fsp3) is 0.629. The quantitative estimate of drug-likeness (QED) is 0.0603. The van der Waals surface area contributed by atoms with Gasteiger partial charge in [-0.2, -0.15) is 0 Å². The van der Waals surface area contributed by atoms with E-state index in [9.17, 15) is 53.2 Å². The van der Waals surface area contributed by atoms with Gasteiger partial charge < -0.3 is 69.4 Å². The second kappa shape index (κ2) is 25.6. The first-order valence-electron chi connectivity index (χ1n) is 30.6. The van der Waals surface area contributed by atoms with Gasteiger partial charge in [0.1, 0.15) is 18.3 Å². The molecule has 15 atom stereocenters. The predicted molar refractivity (Wildman–Crippen MR) is 334 cm³/mol. The topological polar surface area (TPSA) is 460 Å². The first-order chi connectivity index (χ1) is 41.8. The summed E-state index contributed by atoms with van der Waals surface area (Å²) in [6.45, 7) is 19.3. The normalized spacial score (nSPS) is 33.4. The van der Waals surface area contributed by atoms with Crippen molar-refractivity contribution in [3.05, 3.63) is 63.9 Å². The molecule has 2 fully saturated rings. The standard InChI is InChI=1S/C62H90N13O14P/c1-29-20-39-40(21-30(29)2)75(28-70-39)57-52(84)53(41(27-76)87-57)89-90(85,86)88-31(3)26-69-49(83)18-19-59(8)37(22-46(66)80)56-62(11)61(10,25-48(68)82)36(14-17-45(65)79)51(74-62)33(5)55-60(9,24-47(67)81)34(12-15-43(63)77)38(71-55)23-42-58(6,7)35(13-16-44(64)78)50(72-42)32(4)54(59)73-56/h20-21,23,28,31,34-37,41,52-53,56-57,71,76,84H,12-19,22,24-27H2,1-11H3,(H2,63,77)(H2,64,78)(H2,65,79)(H2,66,80)(H2,67,81)(H2,68,82)(H,69,83)(H,85,86)/b38-23-,50-32-,55-33?/t31?,34-,35-,36-,37+,41-,52-,53-,56-,57+,59-,60+,61+,62+/m1/s1. The molecule has 17 N–H and O–H groups in total. The average Bonchev–Trinajstić information content (AvgIpc) is 1.53. The smallest absolute Gasteiger partial charge is 0.394 e. The number of carbonyl (C=O) groups excluding carboxylic acids is 7. The summed E-state index contributed by atoms with van der Waals surface area (Å²) in [5.41, 5.74) is 37.4. The van der Waals surface area contributed by atoms with Gasteiger partial charge in [-0.1, -0.05) is 34.6 Å². The van der Waals surface area contributed by atoms with Gasteiger partial charge in [0.25, 0.3) is 0 Å². The zero-order chi connectivity index (χ0) is 66.7. The average molecular weight is 1270 g/mol. The Morgan fingerprint density at radius 3 is 1.99 bits per heavy atom. The fourth-order valence-corrected chi connectivity index (χ4v) is 16.6. The summed E-state index contributed by atoms with van der Waals surface area (Å²) in [6.07, 6.45) is -4.26. The molecule has 1 aromatic carbocycles. The van der Waals surface area contributed by atoms with Gasteiger partial charge in [0.2, 0.25) is 41.4 Å². The van der Waals surface area contributed by atoms with Crippen molar-refractivity contribution in [2.45, 2.75) is 189 Å². The van der Waals surface area contributed by atoms with Gasteiger partial charge in [0, 0.05) is 131 Å². The summed E-state index contributed by atoms with van der Waals surface area (Å²) >= 11 is 0. The minimum Gasteiger partial charge on any atom is -0.394 e. The summed E-state index contributed by atoms with van der Waals surface area (Å²) in [6, 6.07) is 2.70. The Balaban J connectivity index is 1.19. The summed E-state index contributed by atoms with van der Waals surface area (Å²) in [7, 11) is -5.07. The third-order valence-electron chi connectivity index (χ3n) is 20.6. The molecule has 6 aliphatic rings. The van der Waals surface area contributed by atoms with Gasteiger partial charge in [-0.15, -0.1) is 0 Å². The monoisotopic (exact) mass is 1270 g/mol. The van der Waals surface area contributed by atoms with Gasteiger partial charge in [0.15, 0.2) is 6.23 Å². The van der Waals surface area contributed by atoms with Crippen molar-refractivity contribution in [2.75, 3.05) is 13.2 Å². The SMILES string of the molecule is CC1=C2N/C(=C\C3=NC(=C(/C)C4=N[C@H]([C@H](CC(N)=O)[C@@]4(C)CCC(=O)NCC(C)OP(=O)(O)O[C@H]4[C@@H](O)[C@@H](n5cnc6cc(C)c(C)cc65)O[C@@H]4CO)[C@]4(C)N=C1[C@@H](CCC(N)=O)[C@]4(C)CC(N)=O)/[C@@H](CCC(N)=O)C3(C)C)[C@@H](CCC(N)=O)[C@]2(C)CC(N)=O. The number of nitrogens with two attached hydrogens (primary N) is 6. The van der Waals surface area contributed by atoms with Crippen LogP contribution >= 0.6 is 7.82 Å². The molecule has 492 valence electrons. The zero-order valence-electron chi connectivity index (χ0n) is 53.3. The Morgan fingerprint density at radius 1 is 0.800 bits per heavy atom. The van der Waals surface area contributed by atoms with Crippen LogP contribution in [-0.4, -0.2) is 132 Å². The van der Waals surface area contributed by atoms with Gasteiger partial charge in [-0.05, 0) is 108 Å². The van der Waals surface area contributed by atoms with Gasteiger partial charge in [-0.25, -0.2) is 9.55 Å². The first kappa shape index (κ1) is 68.9. The molecule has 28 heteroatoms. The number of aliphatic hydroxyl groups is 2. The summed E-state index contributed by atoms with van der Waals surface area (Å²) < 4.78 is 32.3. The Kier molecular flexibility index (Phi) is 19.6. The van der Waals surface area contributed by atoms with E-state index in [1.165, 1.54) is 13.3 Å². The number of allylic oxidation sites excluding steroid dienone is 6. The van der Waals surface area contributed by atoms with Crippen LogP contribution in [-0.2, 0) is 51.9 Å². The maximum absolute atomic E-state index is 14.4. The predicted octanol–water partition coefficient (Wildman–Crippen LogP) is 3.16. The summed E-state index contributed by atoms with van der Waals surface area (Å²) in [4.78, 5) is 126. The molecule has 7 heterocycles. The van der Waals surface area contributed by atoms with Crippen LogP contribution in [0.3, 0.4) is 0 Å². The minimum absolute atomic E-state index is 0.0114. The molecule has 0 spiro atoms. The van der Waals surface area contributed by atoms with Gasteiger partial charge >= 0.3 is 7.82 Å². The number of aliphatic hydroxyl groups excluding tert-OH is 2. The number of hydrogen-bond acceptors (Lipinski definition) is 18. The number of benzene rings is 1. The fourth-order valence-electron chi connectivity index (χ4n) is 15.4. The molecule has 6 aliphatic heterocycles. The minimum atomic E-state index is -5.07. The number of aliphatic imine (C=N–C) groups is 3. The first-order valence-corrected chi connectivity index (χ1v) is 32.1. The molecule has 1 aromatic heterocycles. The number of phosphoric ester groups is 1. The van der Waals surface area contributed by atoms with E-state index in [1.54, 1.807) is 4.57 Å². The number of imidazole rings is 1. The molecule has 0 radical (unpaired) electrons. The van der Waals surface area contributed by atoms with E-state index in [-0.39, 0.29) is 77.2 Å². The van der Waals surface area contributed by atoms with Crippen LogP contribution < -0.4 is 45.0 Å². The molecule has 2 unspecified atom stereocenters. The lowest BCUT2D eigenvalue weighted by molar-refractivity contribution is -0.124. The number of phosphoric acid groups is 1. The second-order valence-corrected chi connectivity index (χ2v) is 28.4. The Labute approximate surface area is 523 Å². The summed E-state index contributed by atoms with van der Waals surface area (Å²) in [5, 5.41) is 28.2. The number of nitrogens with zero attached hydrogens (tertiary/aromatic N) is 5. The van der Waals surface area contributed by atoms with E-state index < -0.39 is 143 Å². The maximum Gasteiger partial charge on any atom is 0.472 e. The molecule has 7 amide bonds.